The molecule has 3 rings (SSSR count). The van der Waals surface area contributed by atoms with Crippen LogP contribution in [0.5, 0.6) is 5.75 Å². The van der Waals surface area contributed by atoms with Crippen molar-refractivity contribution in [2.45, 2.75) is 109 Å². The quantitative estimate of drug-likeness (QED) is 0.192. The summed E-state index contributed by atoms with van der Waals surface area (Å²) in [5.74, 6) is -0.331. The van der Waals surface area contributed by atoms with E-state index in [0.29, 0.717) is 24.7 Å². The van der Waals surface area contributed by atoms with E-state index in [1.807, 2.05) is 25.1 Å². The summed E-state index contributed by atoms with van der Waals surface area (Å²) >= 11 is 0. The average Bonchev–Trinajstić information content (AvgIpc) is 2.90. The Labute approximate surface area is 215 Å². The first kappa shape index (κ1) is 28.1. The monoisotopic (exact) mass is 500 g/mol. The third-order valence-corrected chi connectivity index (χ3v) is 7.18. The lowest BCUT2D eigenvalue weighted by Crippen LogP contribution is -2.28. The molecule has 0 radical (unpaired) electrons. The Morgan fingerprint density at radius 1 is 0.889 bits per heavy atom. The van der Waals surface area contributed by atoms with Gasteiger partial charge in [0, 0.05) is 0 Å². The number of carbonyl (C=O) groups excluding carboxylic acids is 1. The van der Waals surface area contributed by atoms with E-state index in [1.165, 1.54) is 24.8 Å². The zero-order chi connectivity index (χ0) is 25.8. The van der Waals surface area contributed by atoms with E-state index in [9.17, 15) is 13.6 Å². The largest absolute Gasteiger partial charge is 0.491 e. The third kappa shape index (κ3) is 8.60. The summed E-state index contributed by atoms with van der Waals surface area (Å²) in [6.07, 6.45) is 9.14. The van der Waals surface area contributed by atoms with Gasteiger partial charge in [-0.3, -0.25) is 0 Å². The van der Waals surface area contributed by atoms with Crippen LogP contribution in [0, 0.1) is 5.82 Å². The maximum atomic E-state index is 14.6. The molecule has 0 N–H and O–H groups in total. The smallest absolute Gasteiger partial charge is 0.340 e. The molecule has 1 saturated carbocycles. The molecule has 1 aliphatic carbocycles. The van der Waals surface area contributed by atoms with E-state index in [-0.39, 0.29) is 18.3 Å². The molecule has 0 saturated heterocycles. The topological polar surface area (TPSA) is 35.5 Å². The zero-order valence-electron chi connectivity index (χ0n) is 21.9. The molecule has 2 aromatic carbocycles. The van der Waals surface area contributed by atoms with E-state index in [2.05, 4.69) is 19.1 Å². The second kappa shape index (κ2) is 15.0. The SMILES string of the molecule is CCCCCCCOc1ccc(-c2ccc(C3CCC(OC(=O)[C@@H](F)CCCC)CC3)cc2)cc1F. The van der Waals surface area contributed by atoms with Gasteiger partial charge in [-0.1, -0.05) is 82.7 Å². The second-order valence-corrected chi connectivity index (χ2v) is 10.1. The minimum absolute atomic E-state index is 0.187. The summed E-state index contributed by atoms with van der Waals surface area (Å²) in [5, 5.41) is 0. The van der Waals surface area contributed by atoms with Gasteiger partial charge in [0.25, 0.3) is 0 Å². The van der Waals surface area contributed by atoms with Gasteiger partial charge in [0.2, 0.25) is 0 Å². The van der Waals surface area contributed by atoms with Crippen molar-refractivity contribution in [1.82, 2.24) is 0 Å². The first-order valence-electron chi connectivity index (χ1n) is 13.9. The molecule has 0 aliphatic heterocycles. The van der Waals surface area contributed by atoms with Crippen molar-refractivity contribution < 1.29 is 23.0 Å². The van der Waals surface area contributed by atoms with Gasteiger partial charge in [-0.15, -0.1) is 0 Å². The van der Waals surface area contributed by atoms with Crippen LogP contribution >= 0.6 is 0 Å². The minimum Gasteiger partial charge on any atom is -0.491 e. The predicted octanol–water partition coefficient (Wildman–Crippen LogP) is 8.94. The van der Waals surface area contributed by atoms with Gasteiger partial charge >= 0.3 is 5.97 Å². The number of carbonyl (C=O) groups is 1. The van der Waals surface area contributed by atoms with Crippen molar-refractivity contribution in [2.24, 2.45) is 0 Å². The Morgan fingerprint density at radius 2 is 1.56 bits per heavy atom. The third-order valence-electron chi connectivity index (χ3n) is 7.18. The van der Waals surface area contributed by atoms with Gasteiger partial charge in [-0.2, -0.15) is 0 Å². The van der Waals surface area contributed by atoms with E-state index >= 15 is 0 Å². The van der Waals surface area contributed by atoms with Crippen molar-refractivity contribution in [3.05, 3.63) is 53.8 Å². The van der Waals surface area contributed by atoms with Crippen LogP contribution in [-0.2, 0) is 9.53 Å². The van der Waals surface area contributed by atoms with Gasteiger partial charge in [0.1, 0.15) is 6.10 Å². The van der Waals surface area contributed by atoms with Crippen LogP contribution in [-0.4, -0.2) is 24.9 Å². The first-order chi connectivity index (χ1) is 17.5. The Morgan fingerprint density at radius 3 is 2.22 bits per heavy atom. The first-order valence-corrected chi connectivity index (χ1v) is 13.9. The van der Waals surface area contributed by atoms with Crippen molar-refractivity contribution in [1.29, 1.82) is 0 Å². The number of rotatable bonds is 14. The molecule has 2 aromatic rings. The van der Waals surface area contributed by atoms with E-state index in [0.717, 1.165) is 56.1 Å². The molecule has 3 nitrogen and oxygen atoms in total. The molecular formula is C31H42F2O3. The zero-order valence-corrected chi connectivity index (χ0v) is 21.9. The highest BCUT2D eigenvalue weighted by Gasteiger charge is 2.27. The Hall–Kier alpha value is -2.43. The number of benzene rings is 2. The molecule has 0 aromatic heterocycles. The molecule has 0 amide bonds. The second-order valence-electron chi connectivity index (χ2n) is 10.1. The number of halogens is 2. The summed E-state index contributed by atoms with van der Waals surface area (Å²) < 4.78 is 39.6. The van der Waals surface area contributed by atoms with Crippen LogP contribution in [0.1, 0.15) is 102 Å². The lowest BCUT2D eigenvalue weighted by molar-refractivity contribution is -0.157. The lowest BCUT2D eigenvalue weighted by Gasteiger charge is -2.29. The molecule has 0 bridgehead atoms. The van der Waals surface area contributed by atoms with Crippen LogP contribution in [0.15, 0.2) is 42.5 Å². The lowest BCUT2D eigenvalue weighted by atomic mass is 9.82. The highest BCUT2D eigenvalue weighted by molar-refractivity contribution is 5.74. The predicted molar refractivity (Wildman–Crippen MR) is 142 cm³/mol. The molecule has 1 atom stereocenters. The molecule has 0 unspecified atom stereocenters. The Bertz CT molecular complexity index is 920. The van der Waals surface area contributed by atoms with Gasteiger partial charge in [0.15, 0.2) is 17.7 Å². The molecule has 0 spiro atoms. The highest BCUT2D eigenvalue weighted by Crippen LogP contribution is 2.35. The van der Waals surface area contributed by atoms with Gasteiger partial charge < -0.3 is 9.47 Å². The fourth-order valence-corrected chi connectivity index (χ4v) is 4.89. The number of esters is 1. The minimum atomic E-state index is -1.50. The maximum Gasteiger partial charge on any atom is 0.340 e. The summed E-state index contributed by atoms with van der Waals surface area (Å²) in [7, 11) is 0. The standard InChI is InChI=1S/C31H42F2O3/c1-3-5-7-8-9-21-35-30-20-17-26(22-29(30)33)25-13-11-23(12-14-25)24-15-18-27(19-16-24)36-31(34)28(32)10-6-4-2/h11-14,17,20,22,24,27-28H,3-10,15-16,18-19,21H2,1-2H3/t24?,27?,28-/m0/s1. The normalized spacial score (nSPS) is 18.6. The Kier molecular flexibility index (Phi) is 11.7. The van der Waals surface area contributed by atoms with Crippen molar-refractivity contribution in [3.8, 4) is 16.9 Å². The van der Waals surface area contributed by atoms with Crippen LogP contribution in [0.25, 0.3) is 11.1 Å². The van der Waals surface area contributed by atoms with E-state index in [4.69, 9.17) is 9.47 Å². The highest BCUT2D eigenvalue weighted by atomic mass is 19.1. The molecule has 1 aliphatic rings. The molecule has 5 heteroatoms. The van der Waals surface area contributed by atoms with Crippen molar-refractivity contribution in [3.63, 3.8) is 0 Å². The molecular weight excluding hydrogens is 458 g/mol. The van der Waals surface area contributed by atoms with Crippen LogP contribution < -0.4 is 4.74 Å². The Balaban J connectivity index is 1.47. The molecule has 198 valence electrons. The van der Waals surface area contributed by atoms with Crippen molar-refractivity contribution >= 4 is 5.97 Å². The number of unbranched alkanes of at least 4 members (excludes halogenated alkanes) is 5. The van der Waals surface area contributed by atoms with Crippen LogP contribution in [0.4, 0.5) is 8.78 Å². The fraction of sp³-hybridized carbons (Fsp3) is 0.581. The summed E-state index contributed by atoms with van der Waals surface area (Å²) in [5.41, 5.74) is 3.03. The summed E-state index contributed by atoms with van der Waals surface area (Å²) in [6.45, 7) is 4.71. The molecule has 1 fully saturated rings. The number of hydrogen-bond acceptors (Lipinski definition) is 3. The number of alkyl halides is 1. The number of hydrogen-bond donors (Lipinski definition) is 0. The van der Waals surface area contributed by atoms with Gasteiger partial charge in [0.05, 0.1) is 6.61 Å². The van der Waals surface area contributed by atoms with Crippen LogP contribution in [0.3, 0.4) is 0 Å². The maximum absolute atomic E-state index is 14.6. The summed E-state index contributed by atoms with van der Waals surface area (Å²) in [6, 6.07) is 13.4. The molecule has 36 heavy (non-hydrogen) atoms. The van der Waals surface area contributed by atoms with Crippen molar-refractivity contribution in [2.75, 3.05) is 6.61 Å². The summed E-state index contributed by atoms with van der Waals surface area (Å²) in [4.78, 5) is 12.0. The van der Waals surface area contributed by atoms with E-state index < -0.39 is 12.1 Å². The average molecular weight is 501 g/mol. The fourth-order valence-electron chi connectivity index (χ4n) is 4.89. The number of ether oxygens (including phenoxy) is 2. The van der Waals surface area contributed by atoms with Gasteiger partial charge in [-0.25, -0.2) is 13.6 Å². The molecule has 0 heterocycles. The van der Waals surface area contributed by atoms with E-state index in [1.54, 1.807) is 12.1 Å². The van der Waals surface area contributed by atoms with Gasteiger partial charge in [-0.05, 0) is 73.3 Å². The van der Waals surface area contributed by atoms with Crippen LogP contribution in [0.2, 0.25) is 0 Å².